The summed E-state index contributed by atoms with van der Waals surface area (Å²) in [5.74, 6) is -3.81. The average Bonchev–Trinajstić information content (AvgIpc) is 2.91. The quantitative estimate of drug-likeness (QED) is 0.213. The van der Waals surface area contributed by atoms with Crippen molar-refractivity contribution in [2.24, 2.45) is 17.4 Å². The molecule has 3 aromatic carbocycles. The number of carboxylic acid groups (broad SMARTS) is 1. The standard InChI is InChI=1S/C29H31N5O6/c1-15(2)11-24(26(31)36)34-27(37)17-7-9-21(23(13-17)29(39)40)20-10-8-18(32-3)14-22(20)28(38)33-19-6-4-5-16(12-19)25(30)35/h4-10,12-15,24,32H,11H2,1-3H3,(H2,30,35)(H2,31,36)(H,33,38)(H,34,37)(H,39,40)/t24-/m0/s1. The van der Waals surface area contributed by atoms with Gasteiger partial charge in [0.2, 0.25) is 11.8 Å². The summed E-state index contributed by atoms with van der Waals surface area (Å²) >= 11 is 0. The second-order valence-electron chi connectivity index (χ2n) is 9.53. The van der Waals surface area contributed by atoms with Crippen LogP contribution in [0.15, 0.2) is 60.7 Å². The van der Waals surface area contributed by atoms with Crippen molar-refractivity contribution in [3.05, 3.63) is 82.9 Å². The van der Waals surface area contributed by atoms with Crippen molar-refractivity contribution in [3.8, 4) is 11.1 Å². The third-order valence-corrected chi connectivity index (χ3v) is 6.12. The van der Waals surface area contributed by atoms with E-state index in [4.69, 9.17) is 11.5 Å². The van der Waals surface area contributed by atoms with Gasteiger partial charge < -0.3 is 32.5 Å². The molecule has 11 heteroatoms. The number of nitrogens with one attached hydrogen (secondary N) is 3. The maximum absolute atomic E-state index is 13.4. The summed E-state index contributed by atoms with van der Waals surface area (Å²) in [6, 6.07) is 14.0. The highest BCUT2D eigenvalue weighted by Crippen LogP contribution is 2.31. The number of carboxylic acids is 1. The van der Waals surface area contributed by atoms with Crippen LogP contribution in [0.25, 0.3) is 11.1 Å². The Labute approximate surface area is 230 Å². The lowest BCUT2D eigenvalue weighted by atomic mass is 9.92. The molecule has 0 spiro atoms. The van der Waals surface area contributed by atoms with Crippen LogP contribution in [-0.2, 0) is 4.79 Å². The van der Waals surface area contributed by atoms with Crippen LogP contribution >= 0.6 is 0 Å². The Kier molecular flexibility index (Phi) is 9.23. The highest BCUT2D eigenvalue weighted by atomic mass is 16.4. The number of hydrogen-bond acceptors (Lipinski definition) is 6. The molecule has 0 saturated carbocycles. The minimum atomic E-state index is -1.32. The van der Waals surface area contributed by atoms with E-state index in [2.05, 4.69) is 16.0 Å². The smallest absolute Gasteiger partial charge is 0.336 e. The number of primary amides is 2. The van der Waals surface area contributed by atoms with Crippen molar-refractivity contribution in [1.82, 2.24) is 5.32 Å². The molecule has 11 nitrogen and oxygen atoms in total. The summed E-state index contributed by atoms with van der Waals surface area (Å²) in [4.78, 5) is 61.9. The number of aromatic carboxylic acids is 1. The van der Waals surface area contributed by atoms with Crippen LogP contribution in [0.1, 0.15) is 61.7 Å². The molecule has 0 aliphatic heterocycles. The van der Waals surface area contributed by atoms with Crippen LogP contribution < -0.4 is 27.4 Å². The van der Waals surface area contributed by atoms with Gasteiger partial charge in [-0.3, -0.25) is 19.2 Å². The van der Waals surface area contributed by atoms with Crippen molar-refractivity contribution in [3.63, 3.8) is 0 Å². The predicted octanol–water partition coefficient (Wildman–Crippen LogP) is 3.07. The number of rotatable bonds is 11. The fourth-order valence-electron chi connectivity index (χ4n) is 4.13. The zero-order valence-corrected chi connectivity index (χ0v) is 22.3. The van der Waals surface area contributed by atoms with Gasteiger partial charge in [-0.2, -0.15) is 0 Å². The Bertz CT molecular complexity index is 1480. The molecule has 0 heterocycles. The maximum atomic E-state index is 13.4. The first kappa shape index (κ1) is 29.4. The maximum Gasteiger partial charge on any atom is 0.336 e. The Morgan fingerprint density at radius 1 is 0.800 bits per heavy atom. The van der Waals surface area contributed by atoms with Crippen LogP contribution in [0.3, 0.4) is 0 Å². The number of nitrogens with two attached hydrogens (primary N) is 2. The molecule has 208 valence electrons. The molecule has 0 aromatic heterocycles. The van der Waals surface area contributed by atoms with E-state index in [9.17, 15) is 29.1 Å². The SMILES string of the molecule is CNc1ccc(-c2ccc(C(=O)N[C@@H](CC(C)C)C(N)=O)cc2C(=O)O)c(C(=O)Nc2cccc(C(N)=O)c2)c1. The molecule has 3 rings (SSSR count). The Hall–Kier alpha value is -5.19. The van der Waals surface area contributed by atoms with E-state index in [1.807, 2.05) is 13.8 Å². The number of carbonyl (C=O) groups excluding carboxylic acids is 4. The molecule has 40 heavy (non-hydrogen) atoms. The zero-order valence-electron chi connectivity index (χ0n) is 22.3. The first-order valence-corrected chi connectivity index (χ1v) is 12.4. The number of benzene rings is 3. The largest absolute Gasteiger partial charge is 0.478 e. The lowest BCUT2D eigenvalue weighted by Crippen LogP contribution is -2.45. The Morgan fingerprint density at radius 2 is 1.48 bits per heavy atom. The van der Waals surface area contributed by atoms with Gasteiger partial charge in [0, 0.05) is 35.1 Å². The molecule has 8 N–H and O–H groups in total. The summed E-state index contributed by atoms with van der Waals surface area (Å²) in [6.45, 7) is 3.75. The van der Waals surface area contributed by atoms with Crippen LogP contribution in [0.4, 0.5) is 11.4 Å². The van der Waals surface area contributed by atoms with Crippen molar-refractivity contribution in [2.75, 3.05) is 17.7 Å². The number of carbonyl (C=O) groups is 5. The van der Waals surface area contributed by atoms with Crippen molar-refractivity contribution >= 4 is 41.0 Å². The van der Waals surface area contributed by atoms with Crippen LogP contribution in [0.2, 0.25) is 0 Å². The van der Waals surface area contributed by atoms with Gasteiger partial charge in [-0.05, 0) is 65.9 Å². The van der Waals surface area contributed by atoms with E-state index in [0.29, 0.717) is 23.4 Å². The third kappa shape index (κ3) is 7.01. The third-order valence-electron chi connectivity index (χ3n) is 6.12. The molecule has 1 atom stereocenters. The number of hydrogen-bond donors (Lipinski definition) is 6. The van der Waals surface area contributed by atoms with Crippen molar-refractivity contribution in [2.45, 2.75) is 26.3 Å². The van der Waals surface area contributed by atoms with Crippen LogP contribution in [0, 0.1) is 5.92 Å². The van der Waals surface area contributed by atoms with Gasteiger partial charge in [0.15, 0.2) is 0 Å². The molecule has 0 aliphatic carbocycles. The van der Waals surface area contributed by atoms with Crippen molar-refractivity contribution < 1.29 is 29.1 Å². The normalized spacial score (nSPS) is 11.4. The lowest BCUT2D eigenvalue weighted by molar-refractivity contribution is -0.120. The number of anilines is 2. The summed E-state index contributed by atoms with van der Waals surface area (Å²) in [5, 5.41) is 18.2. The van der Waals surface area contributed by atoms with Gasteiger partial charge in [-0.25, -0.2) is 4.79 Å². The lowest BCUT2D eigenvalue weighted by Gasteiger charge is -2.18. The Balaban J connectivity index is 2.03. The molecular weight excluding hydrogens is 514 g/mol. The molecule has 0 aliphatic rings. The van der Waals surface area contributed by atoms with E-state index < -0.39 is 35.6 Å². The second kappa shape index (κ2) is 12.6. The minimum Gasteiger partial charge on any atom is -0.478 e. The van der Waals surface area contributed by atoms with Crippen LogP contribution in [0.5, 0.6) is 0 Å². The predicted molar refractivity (Wildman–Crippen MR) is 151 cm³/mol. The van der Waals surface area contributed by atoms with Gasteiger partial charge in [-0.15, -0.1) is 0 Å². The second-order valence-corrected chi connectivity index (χ2v) is 9.53. The van der Waals surface area contributed by atoms with E-state index in [1.165, 1.54) is 30.3 Å². The zero-order chi connectivity index (χ0) is 29.6. The van der Waals surface area contributed by atoms with Gasteiger partial charge in [0.05, 0.1) is 5.56 Å². The summed E-state index contributed by atoms with van der Waals surface area (Å²) in [6.07, 6.45) is 0.323. The molecular formula is C29H31N5O6. The molecule has 0 unspecified atom stereocenters. The highest BCUT2D eigenvalue weighted by molar-refractivity contribution is 6.12. The summed E-state index contributed by atoms with van der Waals surface area (Å²) < 4.78 is 0. The van der Waals surface area contributed by atoms with Gasteiger partial charge >= 0.3 is 5.97 Å². The molecule has 0 radical (unpaired) electrons. The fraction of sp³-hybridized carbons (Fsp3) is 0.207. The first-order valence-electron chi connectivity index (χ1n) is 12.4. The van der Waals surface area contributed by atoms with Crippen LogP contribution in [-0.4, -0.2) is 47.8 Å². The first-order chi connectivity index (χ1) is 18.9. The van der Waals surface area contributed by atoms with E-state index in [0.717, 1.165) is 0 Å². The fourth-order valence-corrected chi connectivity index (χ4v) is 4.13. The molecule has 0 bridgehead atoms. The Morgan fingerprint density at radius 3 is 2.08 bits per heavy atom. The molecule has 4 amide bonds. The summed E-state index contributed by atoms with van der Waals surface area (Å²) in [7, 11) is 1.67. The topological polar surface area (TPSA) is 194 Å². The van der Waals surface area contributed by atoms with Gasteiger partial charge in [-0.1, -0.05) is 32.0 Å². The molecule has 0 fully saturated rings. The summed E-state index contributed by atoms with van der Waals surface area (Å²) in [5.41, 5.74) is 12.3. The monoisotopic (exact) mass is 545 g/mol. The minimum absolute atomic E-state index is 0.0114. The van der Waals surface area contributed by atoms with E-state index in [-0.39, 0.29) is 33.7 Å². The van der Waals surface area contributed by atoms with Crippen molar-refractivity contribution in [1.29, 1.82) is 0 Å². The number of amides is 4. The highest BCUT2D eigenvalue weighted by Gasteiger charge is 2.24. The average molecular weight is 546 g/mol. The van der Waals surface area contributed by atoms with Gasteiger partial charge in [0.25, 0.3) is 11.8 Å². The molecule has 0 saturated heterocycles. The molecule has 3 aromatic rings. The van der Waals surface area contributed by atoms with E-state index >= 15 is 0 Å². The van der Waals surface area contributed by atoms with E-state index in [1.54, 1.807) is 37.4 Å². The van der Waals surface area contributed by atoms with Gasteiger partial charge in [0.1, 0.15) is 6.04 Å².